The van der Waals surface area contributed by atoms with Crippen LogP contribution in [0.3, 0.4) is 0 Å². The minimum Gasteiger partial charge on any atom is -0.494 e. The van der Waals surface area contributed by atoms with Crippen molar-refractivity contribution in [1.82, 2.24) is 0 Å². The van der Waals surface area contributed by atoms with Gasteiger partial charge in [-0.15, -0.1) is 0 Å². The molecule has 5 nitrogen and oxygen atoms in total. The number of nitrogens with two attached hydrogens (primary N) is 1. The number of hydrogen-bond donors (Lipinski definition) is 1. The highest BCUT2D eigenvalue weighted by Crippen LogP contribution is 2.25. The van der Waals surface area contributed by atoms with Crippen LogP contribution in [-0.4, -0.2) is 25.7 Å². The van der Waals surface area contributed by atoms with Gasteiger partial charge in [-0.1, -0.05) is 49.2 Å². The third-order valence-corrected chi connectivity index (χ3v) is 5.23. The van der Waals surface area contributed by atoms with Crippen LogP contribution in [-0.2, 0) is 4.79 Å². The van der Waals surface area contributed by atoms with Crippen molar-refractivity contribution in [2.45, 2.75) is 32.6 Å². The summed E-state index contributed by atoms with van der Waals surface area (Å²) in [7, 11) is 0. The first-order valence-corrected chi connectivity index (χ1v) is 11.8. The summed E-state index contributed by atoms with van der Waals surface area (Å²) >= 11 is 0. The number of rotatable bonds is 13. The summed E-state index contributed by atoms with van der Waals surface area (Å²) in [5, 5.41) is 0. The lowest BCUT2D eigenvalue weighted by Crippen LogP contribution is -2.03. The zero-order chi connectivity index (χ0) is 24.0. The van der Waals surface area contributed by atoms with E-state index in [9.17, 15) is 4.79 Å². The molecule has 2 N–H and O–H groups in total. The molecular weight excluding hydrogens is 426 g/mol. The fraction of sp³-hybridized carbons (Fsp3) is 0.276. The molecule has 0 fully saturated rings. The summed E-state index contributed by atoms with van der Waals surface area (Å²) in [5.74, 6) is 1.75. The van der Waals surface area contributed by atoms with Gasteiger partial charge in [0.25, 0.3) is 0 Å². The van der Waals surface area contributed by atoms with E-state index in [0.717, 1.165) is 67.0 Å². The Balaban J connectivity index is 1.47. The smallest absolute Gasteiger partial charge is 0.336 e. The van der Waals surface area contributed by atoms with Crippen LogP contribution in [0.25, 0.3) is 17.2 Å². The lowest BCUT2D eigenvalue weighted by Gasteiger charge is -2.08. The van der Waals surface area contributed by atoms with E-state index >= 15 is 0 Å². The van der Waals surface area contributed by atoms with E-state index in [-0.39, 0.29) is 0 Å². The van der Waals surface area contributed by atoms with Crippen molar-refractivity contribution >= 4 is 12.0 Å². The highest BCUT2D eigenvalue weighted by molar-refractivity contribution is 5.88. The molecule has 34 heavy (non-hydrogen) atoms. The largest absolute Gasteiger partial charge is 0.494 e. The topological polar surface area (TPSA) is 70.8 Å². The van der Waals surface area contributed by atoms with Crippen molar-refractivity contribution in [3.8, 4) is 28.4 Å². The quantitative estimate of drug-likeness (QED) is 0.141. The summed E-state index contributed by atoms with van der Waals surface area (Å²) in [6.07, 6.45) is 7.55. The van der Waals surface area contributed by atoms with Crippen LogP contribution in [0.2, 0.25) is 0 Å². The first-order chi connectivity index (χ1) is 16.7. The summed E-state index contributed by atoms with van der Waals surface area (Å²) < 4.78 is 16.6. The third kappa shape index (κ3) is 8.41. The number of carbonyl (C=O) groups excluding carboxylic acids is 1. The van der Waals surface area contributed by atoms with Crippen LogP contribution in [0.5, 0.6) is 17.2 Å². The van der Waals surface area contributed by atoms with Gasteiger partial charge in [0.2, 0.25) is 0 Å². The molecule has 0 saturated heterocycles. The average molecular weight is 460 g/mol. The van der Waals surface area contributed by atoms with E-state index < -0.39 is 5.97 Å². The lowest BCUT2D eigenvalue weighted by atomic mass is 10.1. The van der Waals surface area contributed by atoms with E-state index in [1.165, 1.54) is 6.08 Å². The molecule has 0 radical (unpaired) electrons. The van der Waals surface area contributed by atoms with Crippen LogP contribution in [0.4, 0.5) is 0 Å². The molecule has 3 aromatic carbocycles. The Bertz CT molecular complexity index is 1030. The molecule has 0 spiro atoms. The Kier molecular flexibility index (Phi) is 10.2. The molecule has 0 heterocycles. The molecule has 0 aromatic heterocycles. The minimum atomic E-state index is -0.425. The first-order valence-electron chi connectivity index (χ1n) is 11.8. The van der Waals surface area contributed by atoms with E-state index in [4.69, 9.17) is 19.9 Å². The summed E-state index contributed by atoms with van der Waals surface area (Å²) in [5.41, 5.74) is 8.52. The van der Waals surface area contributed by atoms with Crippen molar-refractivity contribution in [3.63, 3.8) is 0 Å². The lowest BCUT2D eigenvalue weighted by molar-refractivity contribution is -0.128. The molecule has 5 heteroatoms. The molecule has 3 aromatic rings. The molecule has 3 rings (SSSR count). The number of benzene rings is 3. The molecular formula is C29H33NO4. The van der Waals surface area contributed by atoms with E-state index in [1.807, 2.05) is 67.6 Å². The Hall–Kier alpha value is -3.57. The Morgan fingerprint density at radius 2 is 1.29 bits per heavy atom. The van der Waals surface area contributed by atoms with E-state index in [1.54, 1.807) is 18.2 Å². The molecule has 0 aliphatic carbocycles. The van der Waals surface area contributed by atoms with Crippen LogP contribution < -0.4 is 19.9 Å². The van der Waals surface area contributed by atoms with Crippen molar-refractivity contribution < 1.29 is 19.0 Å². The zero-order valence-corrected chi connectivity index (χ0v) is 19.7. The SMILES string of the molecule is CCOc1ccc(/C=C/C(=O)Oc2ccc(-c3ccc(OCCCCCCN)cc3)cc2)cc1. The molecule has 0 aliphatic heterocycles. The molecule has 0 aliphatic rings. The number of hydrogen-bond acceptors (Lipinski definition) is 5. The number of esters is 1. The van der Waals surface area contributed by atoms with Crippen molar-refractivity contribution in [1.29, 1.82) is 0 Å². The van der Waals surface area contributed by atoms with Gasteiger partial charge in [0.15, 0.2) is 0 Å². The van der Waals surface area contributed by atoms with Crippen LogP contribution in [0.1, 0.15) is 38.2 Å². The normalized spacial score (nSPS) is 10.9. The summed E-state index contributed by atoms with van der Waals surface area (Å²) in [4.78, 5) is 12.2. The monoisotopic (exact) mass is 459 g/mol. The van der Waals surface area contributed by atoms with E-state index in [0.29, 0.717) is 12.4 Å². The molecule has 0 unspecified atom stereocenters. The van der Waals surface area contributed by atoms with Gasteiger partial charge in [-0.05, 0) is 85.5 Å². The van der Waals surface area contributed by atoms with Gasteiger partial charge >= 0.3 is 5.97 Å². The first kappa shape index (κ1) is 25.1. The molecule has 0 atom stereocenters. The van der Waals surface area contributed by atoms with Gasteiger partial charge in [0.05, 0.1) is 13.2 Å². The minimum absolute atomic E-state index is 0.425. The summed E-state index contributed by atoms with van der Waals surface area (Å²) in [6, 6.07) is 23.0. The zero-order valence-electron chi connectivity index (χ0n) is 19.7. The van der Waals surface area contributed by atoms with Gasteiger partial charge in [0.1, 0.15) is 17.2 Å². The highest BCUT2D eigenvalue weighted by atomic mass is 16.5. The van der Waals surface area contributed by atoms with Gasteiger partial charge in [-0.2, -0.15) is 0 Å². The van der Waals surface area contributed by atoms with Gasteiger partial charge in [0, 0.05) is 6.08 Å². The fourth-order valence-electron chi connectivity index (χ4n) is 3.41. The van der Waals surface area contributed by atoms with Crippen LogP contribution in [0.15, 0.2) is 78.9 Å². The van der Waals surface area contributed by atoms with Crippen LogP contribution >= 0.6 is 0 Å². The van der Waals surface area contributed by atoms with Crippen LogP contribution in [0, 0.1) is 0 Å². The van der Waals surface area contributed by atoms with Gasteiger partial charge in [-0.25, -0.2) is 4.79 Å². The highest BCUT2D eigenvalue weighted by Gasteiger charge is 2.04. The van der Waals surface area contributed by atoms with Gasteiger partial charge in [-0.3, -0.25) is 0 Å². The number of carbonyl (C=O) groups is 1. The molecule has 0 amide bonds. The number of unbranched alkanes of at least 4 members (excludes halogenated alkanes) is 3. The maximum absolute atomic E-state index is 12.2. The fourth-order valence-corrected chi connectivity index (χ4v) is 3.41. The Morgan fingerprint density at radius 1 is 0.735 bits per heavy atom. The molecule has 0 saturated carbocycles. The van der Waals surface area contributed by atoms with Crippen molar-refractivity contribution in [2.75, 3.05) is 19.8 Å². The standard InChI is InChI=1S/C29H33NO4/c1-2-32-26-14-7-23(8-15-26)9-20-29(31)34-28-18-12-25(13-19-28)24-10-16-27(17-11-24)33-22-6-4-3-5-21-30/h7-20H,2-6,21-22,30H2,1H3/b20-9+. The predicted octanol–water partition coefficient (Wildman–Crippen LogP) is 6.27. The van der Waals surface area contributed by atoms with E-state index in [2.05, 4.69) is 0 Å². The van der Waals surface area contributed by atoms with Crippen molar-refractivity contribution in [2.24, 2.45) is 5.73 Å². The second-order valence-electron chi connectivity index (χ2n) is 7.86. The summed E-state index contributed by atoms with van der Waals surface area (Å²) in [6.45, 7) is 4.04. The maximum Gasteiger partial charge on any atom is 0.336 e. The van der Waals surface area contributed by atoms with Crippen molar-refractivity contribution in [3.05, 3.63) is 84.4 Å². The second-order valence-corrected chi connectivity index (χ2v) is 7.86. The van der Waals surface area contributed by atoms with Gasteiger partial charge < -0.3 is 19.9 Å². The Labute approximate surface area is 202 Å². The second kappa shape index (κ2) is 13.9. The maximum atomic E-state index is 12.2. The predicted molar refractivity (Wildman–Crippen MR) is 137 cm³/mol. The number of ether oxygens (including phenoxy) is 3. The molecule has 0 bridgehead atoms. The Morgan fingerprint density at radius 3 is 1.91 bits per heavy atom. The third-order valence-electron chi connectivity index (χ3n) is 5.23. The average Bonchev–Trinajstić information content (AvgIpc) is 2.87. The molecule has 178 valence electrons.